The lowest BCUT2D eigenvalue weighted by Crippen LogP contribution is -2.43. The number of carbonyl (C=O) groups excluding carboxylic acids is 1. The SMILES string of the molecule is CNC(=O)[C@@H]1C[C@H](n2cc(-c3ccc(CN4CCN(C)CC4)cc3)nn2)CN1. The van der Waals surface area contributed by atoms with E-state index in [2.05, 4.69) is 62.1 Å². The number of nitrogens with one attached hydrogen (secondary N) is 2. The number of rotatable bonds is 5. The van der Waals surface area contributed by atoms with Crippen molar-refractivity contribution < 1.29 is 4.79 Å². The van der Waals surface area contributed by atoms with Gasteiger partial charge in [0.15, 0.2) is 0 Å². The lowest BCUT2D eigenvalue weighted by molar-refractivity contribution is -0.122. The molecule has 0 radical (unpaired) electrons. The second kappa shape index (κ2) is 8.38. The molecule has 1 aromatic carbocycles. The van der Waals surface area contributed by atoms with Crippen LogP contribution in [0.5, 0.6) is 0 Å². The Bertz CT molecular complexity index is 795. The molecule has 3 heterocycles. The molecule has 8 nitrogen and oxygen atoms in total. The highest BCUT2D eigenvalue weighted by molar-refractivity contribution is 5.81. The number of aromatic nitrogens is 3. The van der Waals surface area contributed by atoms with E-state index in [1.807, 2.05) is 10.9 Å². The number of likely N-dealkylation sites (N-methyl/N-ethyl adjacent to an activating group) is 2. The molecule has 2 fully saturated rings. The van der Waals surface area contributed by atoms with Crippen LogP contribution in [0.2, 0.25) is 0 Å². The van der Waals surface area contributed by atoms with Crippen LogP contribution < -0.4 is 10.6 Å². The Labute approximate surface area is 165 Å². The zero-order valence-electron chi connectivity index (χ0n) is 16.6. The molecule has 0 aliphatic carbocycles. The molecule has 8 heteroatoms. The Hall–Kier alpha value is -2.29. The molecule has 0 bridgehead atoms. The van der Waals surface area contributed by atoms with Crippen molar-refractivity contribution in [2.24, 2.45) is 0 Å². The maximum atomic E-state index is 11.8. The summed E-state index contributed by atoms with van der Waals surface area (Å²) in [7, 11) is 3.85. The predicted octanol–water partition coefficient (Wildman–Crippen LogP) is 0.342. The quantitative estimate of drug-likeness (QED) is 0.775. The summed E-state index contributed by atoms with van der Waals surface area (Å²) in [5.74, 6) is 0.0266. The van der Waals surface area contributed by atoms with E-state index in [9.17, 15) is 4.79 Å². The number of carbonyl (C=O) groups is 1. The number of piperazine rings is 1. The van der Waals surface area contributed by atoms with E-state index in [1.54, 1.807) is 7.05 Å². The molecule has 0 saturated carbocycles. The van der Waals surface area contributed by atoms with Gasteiger partial charge in [0.1, 0.15) is 5.69 Å². The molecule has 150 valence electrons. The highest BCUT2D eigenvalue weighted by Gasteiger charge is 2.30. The molecule has 1 aromatic heterocycles. The summed E-state index contributed by atoms with van der Waals surface area (Å²) in [4.78, 5) is 16.7. The molecular formula is C20H29N7O. The number of benzene rings is 1. The Kier molecular flexibility index (Phi) is 5.70. The van der Waals surface area contributed by atoms with Crippen LogP contribution >= 0.6 is 0 Å². The maximum absolute atomic E-state index is 11.8. The lowest BCUT2D eigenvalue weighted by Gasteiger charge is -2.32. The van der Waals surface area contributed by atoms with Crippen molar-refractivity contribution in [1.82, 2.24) is 35.4 Å². The van der Waals surface area contributed by atoms with E-state index < -0.39 is 0 Å². The first-order valence-corrected chi connectivity index (χ1v) is 9.99. The van der Waals surface area contributed by atoms with E-state index in [-0.39, 0.29) is 18.0 Å². The van der Waals surface area contributed by atoms with Crippen LogP contribution in [0, 0.1) is 0 Å². The van der Waals surface area contributed by atoms with Gasteiger partial charge in [0.05, 0.1) is 18.3 Å². The van der Waals surface area contributed by atoms with Crippen LogP contribution in [0.4, 0.5) is 0 Å². The van der Waals surface area contributed by atoms with Crippen LogP contribution in [0.15, 0.2) is 30.5 Å². The fourth-order valence-electron chi connectivity index (χ4n) is 3.93. The summed E-state index contributed by atoms with van der Waals surface area (Å²) in [6.45, 7) is 6.24. The van der Waals surface area contributed by atoms with Crippen molar-refractivity contribution in [2.45, 2.75) is 25.0 Å². The molecular weight excluding hydrogens is 354 g/mol. The van der Waals surface area contributed by atoms with Gasteiger partial charge < -0.3 is 15.5 Å². The van der Waals surface area contributed by atoms with Crippen LogP contribution in [0.25, 0.3) is 11.3 Å². The molecule has 0 unspecified atom stereocenters. The second-order valence-corrected chi connectivity index (χ2v) is 7.82. The maximum Gasteiger partial charge on any atom is 0.236 e. The Balaban J connectivity index is 1.37. The zero-order chi connectivity index (χ0) is 19.5. The molecule has 2 atom stereocenters. The average Bonchev–Trinajstić information content (AvgIpc) is 3.39. The molecule has 28 heavy (non-hydrogen) atoms. The normalized spacial score (nSPS) is 23.8. The van der Waals surface area contributed by atoms with Crippen molar-refractivity contribution in [3.05, 3.63) is 36.0 Å². The zero-order valence-corrected chi connectivity index (χ0v) is 16.6. The van der Waals surface area contributed by atoms with Gasteiger partial charge in [-0.1, -0.05) is 29.5 Å². The van der Waals surface area contributed by atoms with Crippen LogP contribution in [-0.4, -0.2) is 83.6 Å². The van der Waals surface area contributed by atoms with Crippen molar-refractivity contribution in [2.75, 3.05) is 46.8 Å². The first-order valence-electron chi connectivity index (χ1n) is 9.99. The monoisotopic (exact) mass is 383 g/mol. The van der Waals surface area contributed by atoms with Gasteiger partial charge in [-0.2, -0.15) is 0 Å². The third kappa shape index (κ3) is 4.24. The Morgan fingerprint density at radius 1 is 1.21 bits per heavy atom. The van der Waals surface area contributed by atoms with Gasteiger partial charge in [-0.25, -0.2) is 4.68 Å². The molecule has 4 rings (SSSR count). The first-order chi connectivity index (χ1) is 13.6. The largest absolute Gasteiger partial charge is 0.358 e. The molecule has 2 aliphatic rings. The number of amides is 1. The van der Waals surface area contributed by atoms with Crippen molar-refractivity contribution in [3.63, 3.8) is 0 Å². The van der Waals surface area contributed by atoms with Crippen molar-refractivity contribution in [3.8, 4) is 11.3 Å². The number of nitrogens with zero attached hydrogens (tertiary/aromatic N) is 5. The third-order valence-electron chi connectivity index (χ3n) is 5.81. The molecule has 2 saturated heterocycles. The van der Waals surface area contributed by atoms with E-state index in [4.69, 9.17) is 0 Å². The van der Waals surface area contributed by atoms with E-state index in [0.717, 1.165) is 56.9 Å². The topological polar surface area (TPSA) is 78.3 Å². The van der Waals surface area contributed by atoms with Gasteiger partial charge in [0.2, 0.25) is 5.91 Å². The summed E-state index contributed by atoms with van der Waals surface area (Å²) in [5, 5.41) is 14.6. The van der Waals surface area contributed by atoms with Gasteiger partial charge >= 0.3 is 0 Å². The van der Waals surface area contributed by atoms with Gasteiger partial charge in [-0.3, -0.25) is 9.69 Å². The Morgan fingerprint density at radius 3 is 2.68 bits per heavy atom. The molecule has 0 spiro atoms. The Morgan fingerprint density at radius 2 is 1.96 bits per heavy atom. The van der Waals surface area contributed by atoms with Crippen LogP contribution in [0.3, 0.4) is 0 Å². The third-order valence-corrected chi connectivity index (χ3v) is 5.81. The number of hydrogen-bond acceptors (Lipinski definition) is 6. The minimum atomic E-state index is -0.156. The standard InChI is InChI=1S/C20H29N7O/c1-21-20(28)18-11-17(12-22-18)27-14-19(23-24-27)16-5-3-15(4-6-16)13-26-9-7-25(2)8-10-26/h3-6,14,17-18,22H,7-13H2,1-2H3,(H,21,28)/t17-,18-/m0/s1. The number of hydrogen-bond donors (Lipinski definition) is 2. The molecule has 2 aromatic rings. The first kappa shape index (κ1) is 19.0. The molecule has 2 N–H and O–H groups in total. The highest BCUT2D eigenvalue weighted by atomic mass is 16.2. The van der Waals surface area contributed by atoms with Crippen molar-refractivity contribution in [1.29, 1.82) is 0 Å². The molecule has 1 amide bonds. The van der Waals surface area contributed by atoms with Gasteiger partial charge in [-0.05, 0) is 19.0 Å². The fraction of sp³-hybridized carbons (Fsp3) is 0.550. The fourth-order valence-corrected chi connectivity index (χ4v) is 3.93. The van der Waals surface area contributed by atoms with E-state index >= 15 is 0 Å². The summed E-state index contributed by atoms with van der Waals surface area (Å²) in [6, 6.07) is 8.62. The summed E-state index contributed by atoms with van der Waals surface area (Å²) >= 11 is 0. The van der Waals surface area contributed by atoms with Crippen LogP contribution in [-0.2, 0) is 11.3 Å². The lowest BCUT2D eigenvalue weighted by atomic mass is 10.1. The predicted molar refractivity (Wildman–Crippen MR) is 108 cm³/mol. The van der Waals surface area contributed by atoms with Gasteiger partial charge in [0, 0.05) is 51.9 Å². The highest BCUT2D eigenvalue weighted by Crippen LogP contribution is 2.23. The average molecular weight is 384 g/mol. The summed E-state index contributed by atoms with van der Waals surface area (Å²) < 4.78 is 1.88. The molecule has 2 aliphatic heterocycles. The van der Waals surface area contributed by atoms with E-state index in [1.165, 1.54) is 5.56 Å². The second-order valence-electron chi connectivity index (χ2n) is 7.82. The summed E-state index contributed by atoms with van der Waals surface area (Å²) in [5.41, 5.74) is 3.27. The minimum absolute atomic E-state index is 0.0266. The minimum Gasteiger partial charge on any atom is -0.358 e. The summed E-state index contributed by atoms with van der Waals surface area (Å²) in [6.07, 6.45) is 2.71. The van der Waals surface area contributed by atoms with Gasteiger partial charge in [0.25, 0.3) is 0 Å². The van der Waals surface area contributed by atoms with Crippen molar-refractivity contribution >= 4 is 5.91 Å². The van der Waals surface area contributed by atoms with E-state index in [0.29, 0.717) is 0 Å². The van der Waals surface area contributed by atoms with Crippen LogP contribution in [0.1, 0.15) is 18.0 Å². The smallest absolute Gasteiger partial charge is 0.236 e. The van der Waals surface area contributed by atoms with Gasteiger partial charge in [-0.15, -0.1) is 5.10 Å².